The van der Waals surface area contributed by atoms with E-state index in [9.17, 15) is 4.79 Å². The molecule has 2 aliphatic heterocycles. The normalized spacial score (nSPS) is 14.6. The Hall–Kier alpha value is -4.78. The maximum atomic E-state index is 12.8. The maximum absolute atomic E-state index is 12.8. The minimum Gasteiger partial charge on any atom is -0.496 e. The van der Waals surface area contributed by atoms with Gasteiger partial charge in [-0.2, -0.15) is 0 Å². The number of hydrogen-bond acceptors (Lipinski definition) is 7. The first-order valence-corrected chi connectivity index (χ1v) is 13.2. The van der Waals surface area contributed by atoms with E-state index in [2.05, 4.69) is 53.3 Å². The number of ether oxygens (including phenoxy) is 3. The van der Waals surface area contributed by atoms with Crippen LogP contribution in [0.3, 0.4) is 0 Å². The van der Waals surface area contributed by atoms with Gasteiger partial charge in [0.25, 0.3) is 0 Å². The van der Waals surface area contributed by atoms with E-state index in [-0.39, 0.29) is 5.54 Å². The summed E-state index contributed by atoms with van der Waals surface area (Å²) in [7, 11) is 3.33. The Kier molecular flexibility index (Phi) is 6.22. The summed E-state index contributed by atoms with van der Waals surface area (Å²) in [5.74, 6) is 1.39. The number of methoxy groups -OCH3 is 2. The lowest BCUT2D eigenvalue weighted by atomic mass is 9.89. The highest BCUT2D eigenvalue weighted by Crippen LogP contribution is 2.51. The van der Waals surface area contributed by atoms with Crippen LogP contribution in [-0.2, 0) is 6.54 Å². The van der Waals surface area contributed by atoms with E-state index in [1.54, 1.807) is 51.6 Å². The molecule has 0 fully saturated rings. The highest BCUT2D eigenvalue weighted by Gasteiger charge is 2.37. The second-order valence-corrected chi connectivity index (χ2v) is 10.5. The molecule has 4 aromatic rings. The van der Waals surface area contributed by atoms with Crippen LogP contribution in [0.1, 0.15) is 41.0 Å². The Balaban J connectivity index is 1.42. The molecule has 0 amide bonds. The number of carbonyl (C=O) groups is 1. The summed E-state index contributed by atoms with van der Waals surface area (Å²) in [6, 6.07) is 21.3. The van der Waals surface area contributed by atoms with Gasteiger partial charge in [-0.1, -0.05) is 18.2 Å². The highest BCUT2D eigenvalue weighted by atomic mass is 16.5. The first kappa shape index (κ1) is 25.5. The van der Waals surface area contributed by atoms with Crippen molar-refractivity contribution in [2.75, 3.05) is 24.4 Å². The number of nitrogens with zero attached hydrogens (tertiary/aromatic N) is 2. The molecule has 0 saturated carbocycles. The van der Waals surface area contributed by atoms with Crippen LogP contribution in [0.2, 0.25) is 0 Å². The molecular formula is C33H31N3O4. The van der Waals surface area contributed by atoms with E-state index in [1.807, 2.05) is 24.3 Å². The first-order chi connectivity index (χ1) is 19.3. The van der Waals surface area contributed by atoms with E-state index in [0.29, 0.717) is 29.3 Å². The summed E-state index contributed by atoms with van der Waals surface area (Å²) >= 11 is 0. The largest absolute Gasteiger partial charge is 0.496 e. The van der Waals surface area contributed by atoms with Crippen molar-refractivity contribution in [3.05, 3.63) is 101 Å². The van der Waals surface area contributed by atoms with Gasteiger partial charge in [0.05, 0.1) is 36.7 Å². The zero-order chi connectivity index (χ0) is 28.0. The predicted molar refractivity (Wildman–Crippen MR) is 157 cm³/mol. The minimum atomic E-state index is -0.455. The molecule has 7 nitrogen and oxygen atoms in total. The molecule has 1 N–H and O–H groups in total. The average Bonchev–Trinajstić information content (AvgIpc) is 3.32. The molecule has 0 unspecified atom stereocenters. The van der Waals surface area contributed by atoms with Crippen LogP contribution < -0.4 is 24.4 Å². The van der Waals surface area contributed by atoms with Gasteiger partial charge in [0.15, 0.2) is 0 Å². The molecule has 7 heteroatoms. The molecule has 3 aromatic carbocycles. The topological polar surface area (TPSA) is 72.9 Å². The Morgan fingerprint density at radius 3 is 2.50 bits per heavy atom. The van der Waals surface area contributed by atoms with Crippen LogP contribution in [0, 0.1) is 6.92 Å². The lowest BCUT2D eigenvalue weighted by Crippen LogP contribution is -2.33. The second-order valence-electron chi connectivity index (χ2n) is 10.5. The molecule has 3 heterocycles. The van der Waals surface area contributed by atoms with Crippen LogP contribution in [0.5, 0.6) is 17.2 Å². The number of anilines is 2. The third-order valence-electron chi connectivity index (χ3n) is 7.41. The van der Waals surface area contributed by atoms with Gasteiger partial charge < -0.3 is 24.4 Å². The van der Waals surface area contributed by atoms with Crippen LogP contribution in [-0.4, -0.2) is 30.7 Å². The summed E-state index contributed by atoms with van der Waals surface area (Å²) in [5, 5.41) is 3.68. The minimum absolute atomic E-state index is 0.221. The van der Waals surface area contributed by atoms with Crippen molar-refractivity contribution in [1.29, 1.82) is 0 Å². The van der Waals surface area contributed by atoms with E-state index < -0.39 is 5.97 Å². The van der Waals surface area contributed by atoms with Gasteiger partial charge in [-0.05, 0) is 80.4 Å². The fraction of sp³-hybridized carbons (Fsp3) is 0.212. The van der Waals surface area contributed by atoms with Crippen molar-refractivity contribution in [2.45, 2.75) is 32.9 Å². The molecule has 0 aliphatic carbocycles. The van der Waals surface area contributed by atoms with Crippen molar-refractivity contribution in [3.63, 3.8) is 0 Å². The number of rotatable bonds is 6. The molecule has 0 spiro atoms. The van der Waals surface area contributed by atoms with Gasteiger partial charge in [-0.3, -0.25) is 4.98 Å². The quantitative estimate of drug-likeness (QED) is 0.214. The predicted octanol–water partition coefficient (Wildman–Crippen LogP) is 6.86. The molecule has 0 atom stereocenters. The fourth-order valence-corrected chi connectivity index (χ4v) is 5.60. The van der Waals surface area contributed by atoms with Crippen molar-refractivity contribution >= 4 is 23.0 Å². The van der Waals surface area contributed by atoms with Gasteiger partial charge in [0.1, 0.15) is 17.2 Å². The number of carbonyl (C=O) groups excluding carboxylic acids is 1. The summed E-state index contributed by atoms with van der Waals surface area (Å²) in [4.78, 5) is 19.3. The van der Waals surface area contributed by atoms with E-state index >= 15 is 0 Å². The van der Waals surface area contributed by atoms with Crippen molar-refractivity contribution in [3.8, 4) is 28.4 Å². The van der Waals surface area contributed by atoms with Crippen LogP contribution in [0.15, 0.2) is 79.0 Å². The molecule has 0 saturated heterocycles. The summed E-state index contributed by atoms with van der Waals surface area (Å²) in [5.41, 5.74) is 8.42. The third-order valence-corrected chi connectivity index (χ3v) is 7.41. The molecule has 202 valence electrons. The average molecular weight is 534 g/mol. The van der Waals surface area contributed by atoms with Crippen molar-refractivity contribution in [1.82, 2.24) is 4.98 Å². The molecule has 6 rings (SSSR count). The van der Waals surface area contributed by atoms with E-state index in [4.69, 9.17) is 14.2 Å². The summed E-state index contributed by atoms with van der Waals surface area (Å²) in [6.07, 6.45) is 3.93. The number of aromatic nitrogens is 1. The molecular weight excluding hydrogens is 502 g/mol. The number of esters is 1. The Morgan fingerprint density at radius 1 is 0.950 bits per heavy atom. The van der Waals surface area contributed by atoms with Gasteiger partial charge in [0, 0.05) is 41.3 Å². The lowest BCUT2D eigenvalue weighted by molar-refractivity contribution is 0.0733. The third kappa shape index (κ3) is 4.33. The first-order valence-electron chi connectivity index (χ1n) is 13.2. The van der Waals surface area contributed by atoms with Gasteiger partial charge in [-0.25, -0.2) is 4.79 Å². The maximum Gasteiger partial charge on any atom is 0.345 e. The van der Waals surface area contributed by atoms with Crippen LogP contribution in [0.4, 0.5) is 11.4 Å². The van der Waals surface area contributed by atoms with Gasteiger partial charge in [0.2, 0.25) is 0 Å². The molecule has 0 radical (unpaired) electrons. The monoisotopic (exact) mass is 533 g/mol. The van der Waals surface area contributed by atoms with Crippen molar-refractivity contribution < 1.29 is 19.0 Å². The highest BCUT2D eigenvalue weighted by molar-refractivity contribution is 5.98. The smallest absolute Gasteiger partial charge is 0.345 e. The SMILES string of the molecule is COc1cc(OC(=O)c2cccnc2C)ccc1-c1ccc2c3c1CN(c1ccccc1OC)C3=CC(C)(C)N2. The lowest BCUT2D eigenvalue weighted by Gasteiger charge is -2.33. The number of nitrogens with one attached hydrogen (secondary N) is 1. The number of benzene rings is 3. The molecule has 0 bridgehead atoms. The number of pyridine rings is 1. The summed E-state index contributed by atoms with van der Waals surface area (Å²) in [6.45, 7) is 6.80. The second kappa shape index (κ2) is 9.75. The van der Waals surface area contributed by atoms with Crippen LogP contribution in [0.25, 0.3) is 16.8 Å². The Bertz CT molecular complexity index is 1670. The number of aryl methyl sites for hydroxylation is 1. The van der Waals surface area contributed by atoms with E-state index in [1.165, 1.54) is 11.1 Å². The Morgan fingerprint density at radius 2 is 1.73 bits per heavy atom. The molecule has 1 aromatic heterocycles. The van der Waals surface area contributed by atoms with Crippen LogP contribution >= 0.6 is 0 Å². The van der Waals surface area contributed by atoms with Gasteiger partial charge in [-0.15, -0.1) is 0 Å². The summed E-state index contributed by atoms with van der Waals surface area (Å²) < 4.78 is 17.3. The Labute approximate surface area is 234 Å². The number of hydrogen-bond donors (Lipinski definition) is 1. The molecule has 2 aliphatic rings. The molecule has 40 heavy (non-hydrogen) atoms. The zero-order valence-electron chi connectivity index (χ0n) is 23.2. The fourth-order valence-electron chi connectivity index (χ4n) is 5.60. The number of para-hydroxylation sites is 2. The standard InChI is InChI=1S/C33H31N3O4/c1-20-22(9-8-16-34-20)32(37)40-21-12-13-24(30(17-21)39-5)23-14-15-26-31-25(23)19-36(28(31)18-33(2,3)35-26)27-10-6-7-11-29(27)38-4/h6-18,35H,19H2,1-5H3. The van der Waals surface area contributed by atoms with E-state index in [0.717, 1.165) is 33.9 Å². The van der Waals surface area contributed by atoms with Crippen molar-refractivity contribution in [2.24, 2.45) is 0 Å². The van der Waals surface area contributed by atoms with Gasteiger partial charge >= 0.3 is 5.97 Å². The zero-order valence-corrected chi connectivity index (χ0v) is 23.2.